The van der Waals surface area contributed by atoms with Gasteiger partial charge >= 0.3 is 6.03 Å². The van der Waals surface area contributed by atoms with Crippen LogP contribution in [0.5, 0.6) is 11.6 Å². The van der Waals surface area contributed by atoms with Crippen molar-refractivity contribution in [3.05, 3.63) is 77.1 Å². The topological polar surface area (TPSA) is 175 Å². The van der Waals surface area contributed by atoms with E-state index in [1.54, 1.807) is 35.2 Å². The number of piperidine rings is 1. The first-order chi connectivity index (χ1) is 27.7. The van der Waals surface area contributed by atoms with Crippen LogP contribution in [0.4, 0.5) is 10.5 Å². The summed E-state index contributed by atoms with van der Waals surface area (Å²) < 4.78 is 14.4. The van der Waals surface area contributed by atoms with Crippen LogP contribution in [-0.2, 0) is 9.59 Å². The number of benzene rings is 2. The molecular formula is C41H44ClN9O6. The Morgan fingerprint density at radius 3 is 2.47 bits per heavy atom. The molecule has 5 heterocycles. The summed E-state index contributed by atoms with van der Waals surface area (Å²) in [4.78, 5) is 56.1. The van der Waals surface area contributed by atoms with E-state index in [2.05, 4.69) is 42.6 Å². The van der Waals surface area contributed by atoms with Crippen molar-refractivity contribution in [3.63, 3.8) is 0 Å². The third-order valence-electron chi connectivity index (χ3n) is 11.4. The quantitative estimate of drug-likeness (QED) is 0.226. The molecular weight excluding hydrogens is 750 g/mol. The Labute approximate surface area is 334 Å². The number of imide groups is 1. The molecule has 3 aliphatic heterocycles. The second-order valence-electron chi connectivity index (χ2n) is 15.1. The monoisotopic (exact) mass is 793 g/mol. The van der Waals surface area contributed by atoms with Crippen LogP contribution < -0.4 is 25.0 Å². The molecule has 16 heteroatoms. The first-order valence-corrected chi connectivity index (χ1v) is 20.0. The van der Waals surface area contributed by atoms with Crippen LogP contribution in [0, 0.1) is 11.3 Å². The molecule has 1 atom stereocenters. The number of hydrogen-bond acceptors (Lipinski definition) is 10. The second kappa shape index (κ2) is 16.8. The molecule has 0 radical (unpaired) electrons. The van der Waals surface area contributed by atoms with Gasteiger partial charge in [0.1, 0.15) is 17.9 Å². The molecule has 5 amide bonds. The van der Waals surface area contributed by atoms with Gasteiger partial charge in [-0.25, -0.2) is 4.79 Å². The molecule has 8 rings (SSSR count). The van der Waals surface area contributed by atoms with Crippen molar-refractivity contribution >= 4 is 51.9 Å². The van der Waals surface area contributed by atoms with Crippen LogP contribution in [0.3, 0.4) is 0 Å². The van der Waals surface area contributed by atoms with E-state index in [0.29, 0.717) is 54.8 Å². The second-order valence-corrected chi connectivity index (χ2v) is 15.5. The summed E-state index contributed by atoms with van der Waals surface area (Å²) in [5.74, 6) is 0.467. The minimum absolute atomic E-state index is 0.0000466. The molecule has 296 valence electrons. The molecule has 3 saturated heterocycles. The summed E-state index contributed by atoms with van der Waals surface area (Å²) in [7, 11) is 0. The number of carbonyl (C=O) groups excluding carboxylic acids is 4. The standard InChI is InChI=1S/C41H44ClN9O6/c42-33-22-30(7-4-26(33)23-43)56-29-8-5-27(6-9-29)44-40(54)34-10-11-38(47-46-34)57-31-14-19-49(24-31)39(53)25-48-17-12-28(13-18-48)50-20-15-32-35(50)2-1-3-36(32)51-21-16-37(52)45-41(51)55/h1-4,7,10-11,15,20,22,27-29,31H,5-6,8-9,12-14,16-19,21,24-25H2,(H,44,54)(H,45,52,55)/t27-,29-,31-/m0/s1. The van der Waals surface area contributed by atoms with Gasteiger partial charge in [0.05, 0.1) is 41.0 Å². The number of likely N-dealkylation sites (tertiary alicyclic amines) is 2. The fourth-order valence-corrected chi connectivity index (χ4v) is 8.54. The first kappa shape index (κ1) is 38.2. The molecule has 0 bridgehead atoms. The SMILES string of the molecule is N#Cc1ccc(O[C@H]2CC[C@H](NC(=O)c3ccc(O[C@H]4CCN(C(=O)CN5CCC(n6ccc7c(N8CCC(=O)NC8=O)cccc76)CC5)C4)nn3)CC2)cc1Cl. The average molecular weight is 794 g/mol. The molecule has 2 N–H and O–H groups in total. The van der Waals surface area contributed by atoms with Crippen LogP contribution in [-0.4, -0.2) is 106 Å². The highest BCUT2D eigenvalue weighted by Gasteiger charge is 2.32. The minimum Gasteiger partial charge on any atom is -0.490 e. The van der Waals surface area contributed by atoms with Crippen molar-refractivity contribution in [3.8, 4) is 17.7 Å². The molecule has 4 aromatic rings. The normalized spacial score (nSPS) is 21.9. The zero-order valence-corrected chi connectivity index (χ0v) is 32.2. The largest absolute Gasteiger partial charge is 0.490 e. The third kappa shape index (κ3) is 8.67. The van der Waals surface area contributed by atoms with Crippen molar-refractivity contribution < 1.29 is 28.7 Å². The molecule has 0 unspecified atom stereocenters. The third-order valence-corrected chi connectivity index (χ3v) is 11.7. The van der Waals surface area contributed by atoms with E-state index in [1.165, 1.54) is 0 Å². The van der Waals surface area contributed by atoms with Gasteiger partial charge in [0, 0.05) is 74.8 Å². The predicted octanol–water partition coefficient (Wildman–Crippen LogP) is 4.84. The van der Waals surface area contributed by atoms with E-state index in [4.69, 9.17) is 26.3 Å². The number of amides is 5. The Morgan fingerprint density at radius 2 is 1.74 bits per heavy atom. The Morgan fingerprint density at radius 1 is 0.912 bits per heavy atom. The number of nitrogens with one attached hydrogen (secondary N) is 2. The maximum atomic E-state index is 13.3. The van der Waals surface area contributed by atoms with E-state index in [9.17, 15) is 19.2 Å². The number of aromatic nitrogens is 3. The van der Waals surface area contributed by atoms with Gasteiger partial charge in [-0.05, 0) is 74.9 Å². The summed E-state index contributed by atoms with van der Waals surface area (Å²) in [6.45, 7) is 3.35. The van der Waals surface area contributed by atoms with E-state index in [-0.39, 0.29) is 54.1 Å². The molecule has 57 heavy (non-hydrogen) atoms. The molecule has 4 fully saturated rings. The minimum atomic E-state index is -0.392. The number of fused-ring (bicyclic) bond motifs is 1. The number of nitrogens with zero attached hydrogens (tertiary/aromatic N) is 7. The van der Waals surface area contributed by atoms with Crippen molar-refractivity contribution in [1.82, 2.24) is 35.2 Å². The van der Waals surface area contributed by atoms with Crippen LogP contribution >= 0.6 is 11.6 Å². The number of nitriles is 1. The predicted molar refractivity (Wildman–Crippen MR) is 210 cm³/mol. The Bertz CT molecular complexity index is 2190. The number of ether oxygens (including phenoxy) is 2. The molecule has 0 spiro atoms. The highest BCUT2D eigenvalue weighted by molar-refractivity contribution is 6.31. The zero-order chi connectivity index (χ0) is 39.5. The number of halogens is 1. The van der Waals surface area contributed by atoms with Gasteiger partial charge in [-0.1, -0.05) is 17.7 Å². The fraction of sp³-hybridized carbons (Fsp3) is 0.439. The summed E-state index contributed by atoms with van der Waals surface area (Å²) in [5.41, 5.74) is 2.46. The molecule has 1 aliphatic carbocycles. The lowest BCUT2D eigenvalue weighted by Crippen LogP contribution is -2.49. The zero-order valence-electron chi connectivity index (χ0n) is 31.4. The average Bonchev–Trinajstić information content (AvgIpc) is 3.87. The van der Waals surface area contributed by atoms with E-state index < -0.39 is 6.03 Å². The smallest absolute Gasteiger partial charge is 0.328 e. The Hall–Kier alpha value is -5.72. The lowest BCUT2D eigenvalue weighted by molar-refractivity contribution is -0.132. The van der Waals surface area contributed by atoms with Gasteiger partial charge in [0.25, 0.3) is 5.91 Å². The molecule has 2 aromatic heterocycles. The molecule has 1 saturated carbocycles. The first-order valence-electron chi connectivity index (χ1n) is 19.6. The lowest BCUT2D eigenvalue weighted by atomic mass is 9.93. The van der Waals surface area contributed by atoms with Gasteiger partial charge in [-0.2, -0.15) is 5.26 Å². The van der Waals surface area contributed by atoms with Crippen LogP contribution in [0.25, 0.3) is 10.9 Å². The highest BCUT2D eigenvalue weighted by atomic mass is 35.5. The van der Waals surface area contributed by atoms with Crippen LogP contribution in [0.15, 0.2) is 60.8 Å². The number of carbonyl (C=O) groups is 4. The number of rotatable bonds is 10. The van der Waals surface area contributed by atoms with Crippen LogP contribution in [0.1, 0.15) is 73.5 Å². The number of anilines is 1. The fourth-order valence-electron chi connectivity index (χ4n) is 8.33. The van der Waals surface area contributed by atoms with Gasteiger partial charge < -0.3 is 24.3 Å². The molecule has 15 nitrogen and oxygen atoms in total. The molecule has 4 aliphatic rings. The van der Waals surface area contributed by atoms with Crippen LogP contribution in [0.2, 0.25) is 5.02 Å². The van der Waals surface area contributed by atoms with Crippen molar-refractivity contribution in [2.75, 3.05) is 44.2 Å². The maximum absolute atomic E-state index is 13.3. The van der Waals surface area contributed by atoms with Crippen molar-refractivity contribution in [2.45, 2.75) is 75.7 Å². The maximum Gasteiger partial charge on any atom is 0.328 e. The van der Waals surface area contributed by atoms with E-state index >= 15 is 0 Å². The summed E-state index contributed by atoms with van der Waals surface area (Å²) in [6.07, 6.45) is 7.65. The van der Waals surface area contributed by atoms with Gasteiger partial charge in [-0.3, -0.25) is 29.5 Å². The highest BCUT2D eigenvalue weighted by Crippen LogP contribution is 2.34. The number of urea groups is 1. The van der Waals surface area contributed by atoms with E-state index in [1.807, 2.05) is 29.2 Å². The lowest BCUT2D eigenvalue weighted by Gasteiger charge is -2.33. The summed E-state index contributed by atoms with van der Waals surface area (Å²) in [5, 5.41) is 24.1. The summed E-state index contributed by atoms with van der Waals surface area (Å²) in [6, 6.07) is 18.2. The van der Waals surface area contributed by atoms with Gasteiger partial charge in [0.15, 0.2) is 5.69 Å². The van der Waals surface area contributed by atoms with Gasteiger partial charge in [-0.15, -0.1) is 10.2 Å². The Balaban J connectivity index is 0.756. The molecule has 2 aromatic carbocycles. The van der Waals surface area contributed by atoms with E-state index in [0.717, 1.165) is 68.2 Å². The van der Waals surface area contributed by atoms with Gasteiger partial charge in [0.2, 0.25) is 17.7 Å². The Kier molecular flexibility index (Phi) is 11.2. The summed E-state index contributed by atoms with van der Waals surface area (Å²) >= 11 is 6.14. The van der Waals surface area contributed by atoms with Crippen molar-refractivity contribution in [1.29, 1.82) is 5.26 Å². The number of hydrogen-bond donors (Lipinski definition) is 2. The van der Waals surface area contributed by atoms with Crippen molar-refractivity contribution in [2.24, 2.45) is 0 Å².